The average molecular weight is 536 g/mol. The van der Waals surface area contributed by atoms with Crippen molar-refractivity contribution in [2.45, 2.75) is 32.0 Å². The quantitative estimate of drug-likeness (QED) is 0.338. The van der Waals surface area contributed by atoms with Crippen molar-refractivity contribution in [1.29, 1.82) is 0 Å². The molecule has 1 heterocycles. The van der Waals surface area contributed by atoms with E-state index >= 15 is 0 Å². The molecule has 1 atom stereocenters. The third-order valence-electron chi connectivity index (χ3n) is 5.06. The number of thioether (sulfide) groups is 1. The molecule has 186 valence electrons. The van der Waals surface area contributed by atoms with Gasteiger partial charge in [-0.3, -0.25) is 9.59 Å². The Morgan fingerprint density at radius 3 is 2.43 bits per heavy atom. The second-order valence-corrected chi connectivity index (χ2v) is 9.77. The molecule has 0 aliphatic carbocycles. The van der Waals surface area contributed by atoms with Gasteiger partial charge >= 0.3 is 0 Å². The number of halogens is 2. The van der Waals surface area contributed by atoms with Crippen LogP contribution < -0.4 is 15.4 Å². The standard InChI is InChI=1S/C24H27Cl2N5O3S/c1-5-34-17-9-7-16(8-10-17)27-20(32)13-35-24-30-29-22(31(24)4)21(14(2)3)28-23(33)15-6-11-18(25)19(26)12-15/h6-12,14,21H,5,13H2,1-4H3,(H,27,32)(H,28,33)/t21-/m0/s1. The normalized spacial score (nSPS) is 11.9. The fourth-order valence-corrected chi connectivity index (χ4v) is 4.26. The van der Waals surface area contributed by atoms with Crippen LogP contribution in [0.4, 0.5) is 5.69 Å². The summed E-state index contributed by atoms with van der Waals surface area (Å²) in [5.74, 6) is 1.05. The summed E-state index contributed by atoms with van der Waals surface area (Å²) in [6.45, 7) is 6.45. The summed E-state index contributed by atoms with van der Waals surface area (Å²) < 4.78 is 7.20. The summed E-state index contributed by atoms with van der Waals surface area (Å²) in [6.07, 6.45) is 0. The number of benzene rings is 2. The summed E-state index contributed by atoms with van der Waals surface area (Å²) in [6, 6.07) is 11.5. The number of hydrogen-bond donors (Lipinski definition) is 2. The minimum atomic E-state index is -0.401. The van der Waals surface area contributed by atoms with Gasteiger partial charge in [0.25, 0.3) is 5.91 Å². The lowest BCUT2D eigenvalue weighted by Crippen LogP contribution is -2.33. The second-order valence-electron chi connectivity index (χ2n) is 8.02. The van der Waals surface area contributed by atoms with Crippen LogP contribution in [-0.2, 0) is 11.8 Å². The van der Waals surface area contributed by atoms with Crippen LogP contribution in [0.5, 0.6) is 5.75 Å². The number of aromatic nitrogens is 3. The largest absolute Gasteiger partial charge is 0.494 e. The molecule has 0 saturated heterocycles. The zero-order valence-corrected chi connectivity index (χ0v) is 22.2. The maximum absolute atomic E-state index is 12.8. The lowest BCUT2D eigenvalue weighted by molar-refractivity contribution is -0.113. The third-order valence-corrected chi connectivity index (χ3v) is 6.82. The van der Waals surface area contributed by atoms with E-state index in [0.717, 1.165) is 5.75 Å². The highest BCUT2D eigenvalue weighted by molar-refractivity contribution is 7.99. The minimum Gasteiger partial charge on any atom is -0.494 e. The lowest BCUT2D eigenvalue weighted by atomic mass is 10.0. The Labute approximate surface area is 218 Å². The molecule has 0 saturated carbocycles. The van der Waals surface area contributed by atoms with Crippen LogP contribution in [0.15, 0.2) is 47.6 Å². The monoisotopic (exact) mass is 535 g/mol. The molecule has 1 aromatic heterocycles. The molecule has 0 unspecified atom stereocenters. The molecule has 2 aromatic carbocycles. The molecule has 3 rings (SSSR count). The molecule has 0 bridgehead atoms. The van der Waals surface area contributed by atoms with Crippen LogP contribution >= 0.6 is 35.0 Å². The highest BCUT2D eigenvalue weighted by atomic mass is 35.5. The maximum atomic E-state index is 12.8. The molecular weight excluding hydrogens is 509 g/mol. The van der Waals surface area contributed by atoms with Crippen molar-refractivity contribution in [2.24, 2.45) is 13.0 Å². The predicted octanol–water partition coefficient (Wildman–Crippen LogP) is 5.38. The molecule has 2 amide bonds. The fourth-order valence-electron chi connectivity index (χ4n) is 3.24. The van der Waals surface area contributed by atoms with Crippen LogP contribution in [-0.4, -0.2) is 38.9 Å². The number of nitrogens with zero attached hydrogens (tertiary/aromatic N) is 3. The van der Waals surface area contributed by atoms with Crippen molar-refractivity contribution in [3.63, 3.8) is 0 Å². The summed E-state index contributed by atoms with van der Waals surface area (Å²) >= 11 is 13.3. The fraction of sp³-hybridized carbons (Fsp3) is 0.333. The highest BCUT2D eigenvalue weighted by Crippen LogP contribution is 2.26. The molecule has 0 spiro atoms. The van der Waals surface area contributed by atoms with E-state index in [1.807, 2.05) is 27.8 Å². The zero-order valence-electron chi connectivity index (χ0n) is 19.8. The van der Waals surface area contributed by atoms with Gasteiger partial charge in [-0.25, -0.2) is 0 Å². The minimum absolute atomic E-state index is 0.0328. The molecule has 0 fully saturated rings. The first kappa shape index (κ1) is 26.8. The van der Waals surface area contributed by atoms with Gasteiger partial charge < -0.3 is 19.9 Å². The van der Waals surface area contributed by atoms with E-state index in [9.17, 15) is 9.59 Å². The number of ether oxygens (including phenoxy) is 1. The van der Waals surface area contributed by atoms with Crippen molar-refractivity contribution >= 4 is 52.5 Å². The Kier molecular flexibility index (Phi) is 9.42. The molecule has 35 heavy (non-hydrogen) atoms. The van der Waals surface area contributed by atoms with Gasteiger partial charge in [-0.2, -0.15) is 0 Å². The molecule has 11 heteroatoms. The molecular formula is C24H27Cl2N5O3S. The summed E-state index contributed by atoms with van der Waals surface area (Å²) in [7, 11) is 1.81. The van der Waals surface area contributed by atoms with Gasteiger partial charge in [0, 0.05) is 18.3 Å². The SMILES string of the molecule is CCOc1ccc(NC(=O)CSc2nnc([C@@H](NC(=O)c3ccc(Cl)c(Cl)c3)C(C)C)n2C)cc1. The highest BCUT2D eigenvalue weighted by Gasteiger charge is 2.25. The van der Waals surface area contributed by atoms with E-state index in [2.05, 4.69) is 20.8 Å². The first-order valence-corrected chi connectivity index (χ1v) is 12.7. The maximum Gasteiger partial charge on any atom is 0.251 e. The molecule has 2 N–H and O–H groups in total. The van der Waals surface area contributed by atoms with Crippen LogP contribution in [0.3, 0.4) is 0 Å². The van der Waals surface area contributed by atoms with Gasteiger partial charge in [0.05, 0.1) is 28.4 Å². The van der Waals surface area contributed by atoms with E-state index in [4.69, 9.17) is 27.9 Å². The lowest BCUT2D eigenvalue weighted by Gasteiger charge is -2.22. The van der Waals surface area contributed by atoms with E-state index in [1.165, 1.54) is 17.8 Å². The zero-order chi connectivity index (χ0) is 25.5. The van der Waals surface area contributed by atoms with Crippen LogP contribution in [0.2, 0.25) is 10.0 Å². The molecule has 3 aromatic rings. The van der Waals surface area contributed by atoms with Gasteiger partial charge in [-0.15, -0.1) is 10.2 Å². The number of carbonyl (C=O) groups is 2. The number of carbonyl (C=O) groups excluding carboxylic acids is 2. The van der Waals surface area contributed by atoms with Gasteiger partial charge in [0.1, 0.15) is 5.75 Å². The van der Waals surface area contributed by atoms with E-state index < -0.39 is 6.04 Å². The third kappa shape index (κ3) is 7.13. The molecule has 8 nitrogen and oxygen atoms in total. The molecule has 0 radical (unpaired) electrons. The summed E-state index contributed by atoms with van der Waals surface area (Å²) in [4.78, 5) is 25.2. The van der Waals surface area contributed by atoms with Crippen LogP contribution in [0.25, 0.3) is 0 Å². The number of amides is 2. The van der Waals surface area contributed by atoms with Crippen molar-refractivity contribution in [1.82, 2.24) is 20.1 Å². The van der Waals surface area contributed by atoms with E-state index in [0.29, 0.717) is 38.9 Å². The Morgan fingerprint density at radius 2 is 1.80 bits per heavy atom. The van der Waals surface area contributed by atoms with E-state index in [-0.39, 0.29) is 23.5 Å². The summed E-state index contributed by atoms with van der Waals surface area (Å²) in [5.41, 5.74) is 1.08. The van der Waals surface area contributed by atoms with Crippen molar-refractivity contribution in [3.05, 3.63) is 63.9 Å². The first-order chi connectivity index (χ1) is 16.7. The van der Waals surface area contributed by atoms with Crippen LogP contribution in [0.1, 0.15) is 43.0 Å². The Bertz CT molecular complexity index is 1180. The number of hydrogen-bond acceptors (Lipinski definition) is 6. The summed E-state index contributed by atoms with van der Waals surface area (Å²) in [5, 5.41) is 15.6. The van der Waals surface area contributed by atoms with Crippen molar-refractivity contribution in [3.8, 4) is 5.75 Å². The topological polar surface area (TPSA) is 98.1 Å². The van der Waals surface area contributed by atoms with Crippen molar-refractivity contribution in [2.75, 3.05) is 17.7 Å². The number of nitrogens with one attached hydrogen (secondary N) is 2. The van der Waals surface area contributed by atoms with Crippen molar-refractivity contribution < 1.29 is 14.3 Å². The van der Waals surface area contributed by atoms with Gasteiger partial charge in [-0.05, 0) is 55.3 Å². The Balaban J connectivity index is 1.63. The average Bonchev–Trinajstić information content (AvgIpc) is 3.18. The Morgan fingerprint density at radius 1 is 1.09 bits per heavy atom. The van der Waals surface area contributed by atoms with Gasteiger partial charge in [-0.1, -0.05) is 48.8 Å². The molecule has 0 aliphatic heterocycles. The smallest absolute Gasteiger partial charge is 0.251 e. The number of anilines is 1. The van der Waals surface area contributed by atoms with Gasteiger partial charge in [0.15, 0.2) is 11.0 Å². The second kappa shape index (κ2) is 12.3. The van der Waals surface area contributed by atoms with E-state index in [1.54, 1.807) is 41.0 Å². The number of rotatable bonds is 10. The van der Waals surface area contributed by atoms with Gasteiger partial charge in [0.2, 0.25) is 5.91 Å². The Hall–Kier alpha value is -2.75. The molecule has 0 aliphatic rings. The predicted molar refractivity (Wildman–Crippen MR) is 139 cm³/mol. The van der Waals surface area contributed by atoms with Crippen LogP contribution in [0, 0.1) is 5.92 Å². The first-order valence-electron chi connectivity index (χ1n) is 11.0.